The van der Waals surface area contributed by atoms with Crippen LogP contribution in [-0.2, 0) is 4.79 Å². The molecule has 16 heavy (non-hydrogen) atoms. The first-order valence-corrected chi connectivity index (χ1v) is 6.84. The lowest BCUT2D eigenvalue weighted by atomic mass is 10.3. The van der Waals surface area contributed by atoms with Gasteiger partial charge in [-0.25, -0.2) is 4.98 Å². The van der Waals surface area contributed by atoms with Gasteiger partial charge in [0.05, 0.1) is 11.6 Å². The molecule has 1 amide bonds. The van der Waals surface area contributed by atoms with Crippen LogP contribution in [0.5, 0.6) is 0 Å². The Morgan fingerprint density at radius 3 is 2.81 bits per heavy atom. The standard InChI is InChI=1S/C10H10Cl2N2OS/c11-10(12)3-6(10)8(15)14-9-13-7(4-16-9)5-1-2-5/h4-6H,1-3H2,(H,13,14,15)/t6-/m0/s1. The largest absolute Gasteiger partial charge is 0.302 e. The van der Waals surface area contributed by atoms with Crippen LogP contribution in [-0.4, -0.2) is 15.2 Å². The van der Waals surface area contributed by atoms with Gasteiger partial charge in [0.1, 0.15) is 4.33 Å². The van der Waals surface area contributed by atoms with Crippen molar-refractivity contribution < 1.29 is 4.79 Å². The summed E-state index contributed by atoms with van der Waals surface area (Å²) in [5, 5.41) is 5.43. The van der Waals surface area contributed by atoms with E-state index in [1.807, 2.05) is 5.38 Å². The van der Waals surface area contributed by atoms with Gasteiger partial charge in [0.25, 0.3) is 0 Å². The van der Waals surface area contributed by atoms with Crippen molar-refractivity contribution >= 4 is 45.6 Å². The maximum atomic E-state index is 11.7. The summed E-state index contributed by atoms with van der Waals surface area (Å²) in [6, 6.07) is 0. The molecule has 2 aliphatic carbocycles. The molecule has 2 fully saturated rings. The number of halogens is 2. The van der Waals surface area contributed by atoms with Crippen molar-refractivity contribution in [2.75, 3.05) is 5.32 Å². The van der Waals surface area contributed by atoms with E-state index in [2.05, 4.69) is 10.3 Å². The number of hydrogen-bond donors (Lipinski definition) is 1. The molecule has 1 N–H and O–H groups in total. The van der Waals surface area contributed by atoms with Crippen molar-refractivity contribution in [3.05, 3.63) is 11.1 Å². The normalized spacial score (nSPS) is 26.5. The number of aromatic nitrogens is 1. The monoisotopic (exact) mass is 276 g/mol. The predicted octanol–water partition coefficient (Wildman–Crippen LogP) is 3.15. The minimum Gasteiger partial charge on any atom is -0.302 e. The first-order chi connectivity index (χ1) is 7.56. The molecule has 86 valence electrons. The van der Waals surface area contributed by atoms with E-state index < -0.39 is 4.33 Å². The summed E-state index contributed by atoms with van der Waals surface area (Å²) in [7, 11) is 0. The Bertz CT molecular complexity index is 442. The van der Waals surface area contributed by atoms with Crippen LogP contribution in [0.15, 0.2) is 5.38 Å². The first kappa shape index (κ1) is 10.8. The van der Waals surface area contributed by atoms with Gasteiger partial charge in [-0.15, -0.1) is 34.5 Å². The van der Waals surface area contributed by atoms with Crippen molar-refractivity contribution in [3.63, 3.8) is 0 Å². The maximum absolute atomic E-state index is 11.7. The van der Waals surface area contributed by atoms with Crippen molar-refractivity contribution in [1.82, 2.24) is 4.98 Å². The molecule has 3 rings (SSSR count). The quantitative estimate of drug-likeness (QED) is 0.862. The smallest absolute Gasteiger partial charge is 0.232 e. The Morgan fingerprint density at radius 1 is 1.56 bits per heavy atom. The van der Waals surface area contributed by atoms with Gasteiger partial charge in [-0.1, -0.05) is 0 Å². The Balaban J connectivity index is 1.63. The zero-order valence-electron chi connectivity index (χ0n) is 8.37. The second kappa shape index (κ2) is 3.59. The molecule has 1 heterocycles. The van der Waals surface area contributed by atoms with Gasteiger partial charge in [-0.2, -0.15) is 0 Å². The molecule has 0 aromatic carbocycles. The Morgan fingerprint density at radius 2 is 2.25 bits per heavy atom. The molecule has 0 unspecified atom stereocenters. The Labute approximate surface area is 107 Å². The van der Waals surface area contributed by atoms with Crippen molar-refractivity contribution in [2.45, 2.75) is 29.5 Å². The van der Waals surface area contributed by atoms with Crippen LogP contribution in [0.3, 0.4) is 0 Å². The minimum absolute atomic E-state index is 0.123. The second-order valence-corrected chi connectivity index (χ2v) is 6.76. The number of carbonyl (C=O) groups excluding carboxylic acids is 1. The Kier molecular flexibility index (Phi) is 2.42. The van der Waals surface area contributed by atoms with Crippen LogP contribution in [0.4, 0.5) is 5.13 Å². The first-order valence-electron chi connectivity index (χ1n) is 5.20. The van der Waals surface area contributed by atoms with Gasteiger partial charge in [0.2, 0.25) is 5.91 Å². The molecule has 1 aromatic rings. The lowest BCUT2D eigenvalue weighted by Gasteiger charge is -2.00. The molecule has 1 atom stereocenters. The van der Waals surface area contributed by atoms with E-state index in [1.54, 1.807) is 0 Å². The number of anilines is 1. The fourth-order valence-electron chi connectivity index (χ4n) is 1.60. The van der Waals surface area contributed by atoms with E-state index in [9.17, 15) is 4.79 Å². The molecule has 0 radical (unpaired) electrons. The molecule has 3 nitrogen and oxygen atoms in total. The number of rotatable bonds is 3. The lowest BCUT2D eigenvalue weighted by molar-refractivity contribution is -0.117. The van der Waals surface area contributed by atoms with E-state index in [4.69, 9.17) is 23.2 Å². The number of hydrogen-bond acceptors (Lipinski definition) is 3. The zero-order valence-corrected chi connectivity index (χ0v) is 10.7. The summed E-state index contributed by atoms with van der Waals surface area (Å²) in [6.45, 7) is 0. The zero-order chi connectivity index (χ0) is 11.3. The SMILES string of the molecule is O=C(Nc1nc(C2CC2)cs1)[C@@H]1CC1(Cl)Cl. The third kappa shape index (κ3) is 2.06. The number of thiazole rings is 1. The molecule has 6 heteroatoms. The highest BCUT2D eigenvalue weighted by molar-refractivity contribution is 7.14. The molecule has 2 saturated carbocycles. The number of nitrogens with one attached hydrogen (secondary N) is 1. The van der Waals surface area contributed by atoms with Gasteiger partial charge in [0, 0.05) is 11.3 Å². The second-order valence-electron chi connectivity index (χ2n) is 4.36. The Hall–Kier alpha value is -0.320. The molecule has 0 spiro atoms. The average molecular weight is 277 g/mol. The molecular formula is C10H10Cl2N2OS. The summed E-state index contributed by atoms with van der Waals surface area (Å²) in [4.78, 5) is 16.0. The van der Waals surface area contributed by atoms with E-state index >= 15 is 0 Å². The number of nitrogens with zero attached hydrogens (tertiary/aromatic N) is 1. The predicted molar refractivity (Wildman–Crippen MR) is 65.3 cm³/mol. The lowest BCUT2D eigenvalue weighted by Crippen LogP contribution is -2.16. The summed E-state index contributed by atoms with van der Waals surface area (Å²) >= 11 is 13.1. The molecule has 1 aromatic heterocycles. The number of alkyl halides is 2. The van der Waals surface area contributed by atoms with E-state index in [0.717, 1.165) is 5.69 Å². The summed E-state index contributed by atoms with van der Waals surface area (Å²) in [6.07, 6.45) is 2.96. The topological polar surface area (TPSA) is 42.0 Å². The van der Waals surface area contributed by atoms with E-state index in [0.29, 0.717) is 17.5 Å². The summed E-state index contributed by atoms with van der Waals surface area (Å²) in [5.74, 6) is 0.203. The highest BCUT2D eigenvalue weighted by Gasteiger charge is 2.56. The highest BCUT2D eigenvalue weighted by Crippen LogP contribution is 2.53. The summed E-state index contributed by atoms with van der Waals surface area (Å²) < 4.78 is -0.860. The third-order valence-corrected chi connectivity index (χ3v) is 4.50. The van der Waals surface area contributed by atoms with Gasteiger partial charge in [-0.3, -0.25) is 4.79 Å². The van der Waals surface area contributed by atoms with Crippen molar-refractivity contribution in [3.8, 4) is 0 Å². The average Bonchev–Trinajstić information content (AvgIpc) is 3.10. The van der Waals surface area contributed by atoms with Crippen LogP contribution in [0.2, 0.25) is 0 Å². The van der Waals surface area contributed by atoms with Crippen LogP contribution in [0.25, 0.3) is 0 Å². The fourth-order valence-corrected chi connectivity index (χ4v) is 2.90. The van der Waals surface area contributed by atoms with Gasteiger partial charge in [-0.05, 0) is 19.3 Å². The van der Waals surface area contributed by atoms with Crippen molar-refractivity contribution in [2.24, 2.45) is 5.92 Å². The van der Waals surface area contributed by atoms with E-state index in [-0.39, 0.29) is 11.8 Å². The maximum Gasteiger partial charge on any atom is 0.232 e. The number of carbonyl (C=O) groups is 1. The van der Waals surface area contributed by atoms with Crippen LogP contribution in [0.1, 0.15) is 30.9 Å². The van der Waals surface area contributed by atoms with Gasteiger partial charge >= 0.3 is 0 Å². The van der Waals surface area contributed by atoms with Crippen LogP contribution in [0, 0.1) is 5.92 Å². The molecule has 0 aliphatic heterocycles. The fraction of sp³-hybridized carbons (Fsp3) is 0.600. The van der Waals surface area contributed by atoms with Crippen molar-refractivity contribution in [1.29, 1.82) is 0 Å². The van der Waals surface area contributed by atoms with Crippen LogP contribution < -0.4 is 5.32 Å². The van der Waals surface area contributed by atoms with E-state index in [1.165, 1.54) is 24.2 Å². The van der Waals surface area contributed by atoms with Gasteiger partial charge < -0.3 is 5.32 Å². The molecular weight excluding hydrogens is 267 g/mol. The minimum atomic E-state index is -0.860. The number of amides is 1. The summed E-state index contributed by atoms with van der Waals surface area (Å²) in [5.41, 5.74) is 1.10. The molecule has 0 saturated heterocycles. The highest BCUT2D eigenvalue weighted by atomic mass is 35.5. The molecule has 0 bridgehead atoms. The molecule has 2 aliphatic rings. The van der Waals surface area contributed by atoms with Crippen LogP contribution >= 0.6 is 34.5 Å². The third-order valence-electron chi connectivity index (χ3n) is 2.89. The van der Waals surface area contributed by atoms with Gasteiger partial charge in [0.15, 0.2) is 5.13 Å².